The first-order chi connectivity index (χ1) is 8.15. The van der Waals surface area contributed by atoms with E-state index in [1.807, 2.05) is 0 Å². The molecule has 0 saturated carbocycles. The quantitative estimate of drug-likeness (QED) is 0.553. The van der Waals surface area contributed by atoms with E-state index in [0.717, 1.165) is 0 Å². The van der Waals surface area contributed by atoms with Gasteiger partial charge in [-0.25, -0.2) is 4.39 Å². The van der Waals surface area contributed by atoms with Gasteiger partial charge in [-0.1, -0.05) is 12.1 Å². The molecule has 0 aliphatic heterocycles. The van der Waals surface area contributed by atoms with Crippen LogP contribution in [0.4, 0.5) is 4.39 Å². The van der Waals surface area contributed by atoms with Gasteiger partial charge in [-0.2, -0.15) is 0 Å². The molecule has 0 bridgehead atoms. The summed E-state index contributed by atoms with van der Waals surface area (Å²) in [6.45, 7) is 0.514. The fraction of sp³-hybridized carbons (Fsp3) is 0.417. The smallest absolute Gasteiger partial charge is 0.178 e. The molecular weight excluding hydrogens is 243 g/mol. The van der Waals surface area contributed by atoms with Crippen LogP contribution in [0.15, 0.2) is 24.3 Å². The van der Waals surface area contributed by atoms with Crippen molar-refractivity contribution in [2.45, 2.75) is 6.42 Å². The molecule has 5 heteroatoms. The summed E-state index contributed by atoms with van der Waals surface area (Å²) in [4.78, 5) is 11.6. The number of ketones is 1. The van der Waals surface area contributed by atoms with Crippen molar-refractivity contribution >= 4 is 16.6 Å². The molecule has 1 unspecified atom stereocenters. The molecule has 0 radical (unpaired) electrons. The second-order valence-electron chi connectivity index (χ2n) is 3.54. The van der Waals surface area contributed by atoms with Crippen LogP contribution in [0.25, 0.3) is 0 Å². The summed E-state index contributed by atoms with van der Waals surface area (Å²) in [5, 5.41) is 0. The molecule has 0 aromatic heterocycles. The molecule has 0 saturated heterocycles. The van der Waals surface area contributed by atoms with Crippen LogP contribution in [-0.4, -0.2) is 35.2 Å². The third-order valence-electron chi connectivity index (χ3n) is 2.19. The molecule has 0 N–H and O–H groups in total. The highest BCUT2D eigenvalue weighted by Crippen LogP contribution is 2.08. The number of hydrogen-bond acceptors (Lipinski definition) is 3. The van der Waals surface area contributed by atoms with Crippen molar-refractivity contribution in [3.05, 3.63) is 35.6 Å². The summed E-state index contributed by atoms with van der Waals surface area (Å²) in [6, 6.07) is 5.73. The average molecular weight is 258 g/mol. The van der Waals surface area contributed by atoms with Gasteiger partial charge in [0.25, 0.3) is 0 Å². The van der Waals surface area contributed by atoms with Crippen molar-refractivity contribution in [2.75, 3.05) is 25.2 Å². The molecule has 3 nitrogen and oxygen atoms in total. The van der Waals surface area contributed by atoms with Gasteiger partial charge in [0.2, 0.25) is 0 Å². The molecule has 0 heterocycles. The van der Waals surface area contributed by atoms with Crippen LogP contribution >= 0.6 is 0 Å². The van der Waals surface area contributed by atoms with E-state index in [1.54, 1.807) is 13.2 Å². The van der Waals surface area contributed by atoms with E-state index >= 15 is 0 Å². The molecule has 0 spiro atoms. The van der Waals surface area contributed by atoms with Crippen LogP contribution in [0, 0.1) is 5.82 Å². The zero-order chi connectivity index (χ0) is 12.7. The fourth-order valence-corrected chi connectivity index (χ4v) is 2.38. The molecule has 0 aliphatic rings. The van der Waals surface area contributed by atoms with E-state index < -0.39 is 22.4 Å². The van der Waals surface area contributed by atoms with Crippen LogP contribution in [0.3, 0.4) is 0 Å². The van der Waals surface area contributed by atoms with Gasteiger partial charge < -0.3 is 4.74 Å². The van der Waals surface area contributed by atoms with Gasteiger partial charge in [-0.3, -0.25) is 9.00 Å². The molecule has 17 heavy (non-hydrogen) atoms. The predicted molar refractivity (Wildman–Crippen MR) is 65.1 cm³/mol. The Balaban J connectivity index is 2.49. The van der Waals surface area contributed by atoms with Gasteiger partial charge in [0, 0.05) is 30.3 Å². The second-order valence-corrected chi connectivity index (χ2v) is 5.11. The van der Waals surface area contributed by atoms with Crippen LogP contribution in [0.5, 0.6) is 0 Å². The molecule has 1 atom stereocenters. The average Bonchev–Trinajstić information content (AvgIpc) is 2.29. The van der Waals surface area contributed by atoms with Crippen LogP contribution in [0.2, 0.25) is 0 Å². The van der Waals surface area contributed by atoms with Crippen molar-refractivity contribution in [3.63, 3.8) is 0 Å². The lowest BCUT2D eigenvalue weighted by Gasteiger charge is -2.03. The van der Waals surface area contributed by atoms with Crippen LogP contribution in [-0.2, 0) is 15.5 Å². The third-order valence-corrected chi connectivity index (χ3v) is 3.51. The lowest BCUT2D eigenvalue weighted by atomic mass is 10.1. The molecule has 1 aromatic rings. The minimum atomic E-state index is -1.26. The summed E-state index contributed by atoms with van der Waals surface area (Å²) < 4.78 is 29.6. The number of rotatable bonds is 7. The van der Waals surface area contributed by atoms with Crippen LogP contribution in [0.1, 0.15) is 16.8 Å². The minimum Gasteiger partial charge on any atom is -0.385 e. The van der Waals surface area contributed by atoms with E-state index in [9.17, 15) is 13.4 Å². The Morgan fingerprint density at radius 2 is 2.12 bits per heavy atom. The van der Waals surface area contributed by atoms with Crippen molar-refractivity contribution < 1.29 is 18.1 Å². The van der Waals surface area contributed by atoms with Crippen molar-refractivity contribution in [2.24, 2.45) is 0 Å². The Morgan fingerprint density at radius 1 is 1.41 bits per heavy atom. The summed E-state index contributed by atoms with van der Waals surface area (Å²) in [5.41, 5.74) is 0.00703. The molecule has 1 rings (SSSR count). The van der Waals surface area contributed by atoms with Crippen LogP contribution < -0.4 is 0 Å². The van der Waals surface area contributed by atoms with E-state index in [4.69, 9.17) is 4.74 Å². The Labute approximate surface area is 102 Å². The highest BCUT2D eigenvalue weighted by atomic mass is 32.2. The topological polar surface area (TPSA) is 43.4 Å². The number of benzene rings is 1. The maximum Gasteiger partial charge on any atom is 0.178 e. The maximum atomic E-state index is 13.3. The maximum absolute atomic E-state index is 13.3. The molecule has 0 fully saturated rings. The fourth-order valence-electron chi connectivity index (χ4n) is 1.35. The lowest BCUT2D eigenvalue weighted by Crippen LogP contribution is -2.15. The van der Waals surface area contributed by atoms with E-state index in [-0.39, 0.29) is 11.3 Å². The number of carbonyl (C=O) groups is 1. The molecular formula is C12H15FO3S. The van der Waals surface area contributed by atoms with Crippen molar-refractivity contribution in [1.29, 1.82) is 0 Å². The monoisotopic (exact) mass is 258 g/mol. The minimum absolute atomic E-state index is 0.00703. The van der Waals surface area contributed by atoms with Crippen molar-refractivity contribution in [1.82, 2.24) is 0 Å². The Hall–Kier alpha value is -1.07. The predicted octanol–water partition coefficient (Wildman–Crippen LogP) is 1.79. The van der Waals surface area contributed by atoms with E-state index in [2.05, 4.69) is 0 Å². The molecule has 0 aliphatic carbocycles. The SMILES string of the molecule is COCCCS(=O)CC(=O)c1ccccc1F. The summed E-state index contributed by atoms with van der Waals surface area (Å²) >= 11 is 0. The normalized spacial score (nSPS) is 12.4. The molecule has 0 amide bonds. The molecule has 1 aromatic carbocycles. The zero-order valence-electron chi connectivity index (χ0n) is 9.65. The zero-order valence-corrected chi connectivity index (χ0v) is 10.5. The highest BCUT2D eigenvalue weighted by molar-refractivity contribution is 7.85. The van der Waals surface area contributed by atoms with Gasteiger partial charge in [0.1, 0.15) is 5.82 Å². The summed E-state index contributed by atoms with van der Waals surface area (Å²) in [5.74, 6) is -0.719. The summed E-state index contributed by atoms with van der Waals surface area (Å²) in [7, 11) is 0.306. The number of hydrogen-bond donors (Lipinski definition) is 0. The highest BCUT2D eigenvalue weighted by Gasteiger charge is 2.13. The first kappa shape index (κ1) is 14.0. The van der Waals surface area contributed by atoms with Gasteiger partial charge in [-0.05, 0) is 18.6 Å². The largest absolute Gasteiger partial charge is 0.385 e. The third kappa shape index (κ3) is 4.75. The number of Topliss-reactive ketones (excluding diaryl/α,β-unsaturated/α-hetero) is 1. The van der Waals surface area contributed by atoms with Gasteiger partial charge in [0.15, 0.2) is 5.78 Å². The first-order valence-electron chi connectivity index (χ1n) is 5.26. The lowest BCUT2D eigenvalue weighted by molar-refractivity contribution is 0.101. The number of halogens is 1. The van der Waals surface area contributed by atoms with E-state index in [1.165, 1.54) is 18.2 Å². The van der Waals surface area contributed by atoms with Gasteiger partial charge in [0.05, 0.1) is 11.3 Å². The standard InChI is InChI=1S/C12H15FO3S/c1-16-7-4-8-17(15)9-12(14)10-5-2-3-6-11(10)13/h2-3,5-6H,4,7-9H2,1H3. The summed E-state index contributed by atoms with van der Waals surface area (Å²) in [6.07, 6.45) is 0.633. The second kappa shape index (κ2) is 7.29. The Kier molecular flexibility index (Phi) is 6.00. The van der Waals surface area contributed by atoms with Gasteiger partial charge >= 0.3 is 0 Å². The van der Waals surface area contributed by atoms with Crippen molar-refractivity contribution in [3.8, 4) is 0 Å². The molecule has 94 valence electrons. The number of carbonyl (C=O) groups excluding carboxylic acids is 1. The number of ether oxygens (including phenoxy) is 1. The number of methoxy groups -OCH3 is 1. The Bertz CT molecular complexity index is 406. The first-order valence-corrected chi connectivity index (χ1v) is 6.75. The van der Waals surface area contributed by atoms with E-state index in [0.29, 0.717) is 18.8 Å². The van der Waals surface area contributed by atoms with Gasteiger partial charge in [-0.15, -0.1) is 0 Å². The Morgan fingerprint density at radius 3 is 2.76 bits per heavy atom.